The van der Waals surface area contributed by atoms with Crippen LogP contribution in [-0.4, -0.2) is 40.3 Å². The van der Waals surface area contributed by atoms with Crippen molar-refractivity contribution in [3.05, 3.63) is 18.2 Å². The molecule has 0 radical (unpaired) electrons. The highest BCUT2D eigenvalue weighted by Gasteiger charge is 2.18. The number of likely N-dealkylation sites (N-methyl/N-ethyl adjacent to an activating group) is 1. The summed E-state index contributed by atoms with van der Waals surface area (Å²) >= 11 is 0. The molecular weight excluding hydrogens is 238 g/mol. The first-order valence-corrected chi connectivity index (χ1v) is 7.67. The Morgan fingerprint density at radius 1 is 1.42 bits per heavy atom. The maximum atomic E-state index is 5.84. The van der Waals surface area contributed by atoms with Crippen LogP contribution in [0.25, 0.3) is 0 Å². The van der Waals surface area contributed by atoms with Crippen LogP contribution >= 0.6 is 0 Å². The predicted octanol–water partition coefficient (Wildman–Crippen LogP) is 2.68. The summed E-state index contributed by atoms with van der Waals surface area (Å²) in [6.07, 6.45) is 9.32. The van der Waals surface area contributed by atoms with E-state index < -0.39 is 0 Å². The third-order valence-electron chi connectivity index (χ3n) is 3.81. The molecule has 0 amide bonds. The van der Waals surface area contributed by atoms with Crippen molar-refractivity contribution in [3.8, 4) is 0 Å². The summed E-state index contributed by atoms with van der Waals surface area (Å²) in [5.41, 5.74) is 0. The molecule has 0 saturated carbocycles. The van der Waals surface area contributed by atoms with Gasteiger partial charge >= 0.3 is 0 Å². The second kappa shape index (κ2) is 7.65. The summed E-state index contributed by atoms with van der Waals surface area (Å²) in [6.45, 7) is 9.45. The number of hydrogen-bond donors (Lipinski definition) is 0. The fraction of sp³-hybridized carbons (Fsp3) is 0.800. The van der Waals surface area contributed by atoms with Gasteiger partial charge in [0.05, 0.1) is 12.6 Å². The van der Waals surface area contributed by atoms with E-state index in [1.165, 1.54) is 25.1 Å². The lowest BCUT2D eigenvalue weighted by Gasteiger charge is -2.29. The molecule has 1 saturated heterocycles. The van der Waals surface area contributed by atoms with Crippen molar-refractivity contribution in [2.24, 2.45) is 0 Å². The van der Waals surface area contributed by atoms with Gasteiger partial charge in [-0.3, -0.25) is 4.90 Å². The van der Waals surface area contributed by atoms with Gasteiger partial charge in [0.15, 0.2) is 0 Å². The lowest BCUT2D eigenvalue weighted by Crippen LogP contribution is -2.36. The van der Waals surface area contributed by atoms with E-state index in [1.807, 2.05) is 6.20 Å². The SMILES string of the molecule is CCCn1ccnc1CN(CC)CC1CCCCO1. The smallest absolute Gasteiger partial charge is 0.122 e. The average Bonchev–Trinajstić information content (AvgIpc) is 2.87. The molecule has 0 aliphatic carbocycles. The van der Waals surface area contributed by atoms with E-state index in [0.29, 0.717) is 6.10 Å². The highest BCUT2D eigenvalue weighted by Crippen LogP contribution is 2.15. The van der Waals surface area contributed by atoms with E-state index in [0.717, 1.165) is 39.2 Å². The Morgan fingerprint density at radius 3 is 3.00 bits per heavy atom. The number of ether oxygens (including phenoxy) is 1. The van der Waals surface area contributed by atoms with Gasteiger partial charge in [0.1, 0.15) is 5.82 Å². The van der Waals surface area contributed by atoms with Crippen LogP contribution < -0.4 is 0 Å². The first-order chi connectivity index (χ1) is 9.33. The summed E-state index contributed by atoms with van der Waals surface area (Å²) in [4.78, 5) is 6.95. The minimum absolute atomic E-state index is 0.420. The van der Waals surface area contributed by atoms with Crippen LogP contribution in [-0.2, 0) is 17.8 Å². The second-order valence-corrected chi connectivity index (χ2v) is 5.35. The van der Waals surface area contributed by atoms with Gasteiger partial charge < -0.3 is 9.30 Å². The first kappa shape index (κ1) is 14.5. The topological polar surface area (TPSA) is 30.3 Å². The van der Waals surface area contributed by atoms with Crippen molar-refractivity contribution in [3.63, 3.8) is 0 Å². The van der Waals surface area contributed by atoms with Gasteiger partial charge in [0.25, 0.3) is 0 Å². The van der Waals surface area contributed by atoms with Crippen molar-refractivity contribution in [1.82, 2.24) is 14.5 Å². The number of rotatable bonds is 7. The van der Waals surface area contributed by atoms with Crippen LogP contribution in [0.3, 0.4) is 0 Å². The van der Waals surface area contributed by atoms with E-state index in [-0.39, 0.29) is 0 Å². The molecule has 1 aromatic rings. The molecule has 4 nitrogen and oxygen atoms in total. The molecule has 0 N–H and O–H groups in total. The monoisotopic (exact) mass is 265 g/mol. The molecule has 4 heteroatoms. The Kier molecular flexibility index (Phi) is 5.86. The van der Waals surface area contributed by atoms with Crippen molar-refractivity contribution in [2.45, 2.75) is 58.7 Å². The van der Waals surface area contributed by atoms with E-state index in [9.17, 15) is 0 Å². The van der Waals surface area contributed by atoms with Crippen LogP contribution in [0.4, 0.5) is 0 Å². The van der Waals surface area contributed by atoms with Gasteiger partial charge in [-0.05, 0) is 32.2 Å². The molecule has 0 bridgehead atoms. The second-order valence-electron chi connectivity index (χ2n) is 5.35. The van der Waals surface area contributed by atoms with E-state index in [1.54, 1.807) is 0 Å². The number of aromatic nitrogens is 2. The fourth-order valence-electron chi connectivity index (χ4n) is 2.68. The molecule has 1 fully saturated rings. The van der Waals surface area contributed by atoms with E-state index in [4.69, 9.17) is 4.74 Å². The van der Waals surface area contributed by atoms with Crippen molar-refractivity contribution >= 4 is 0 Å². The maximum absolute atomic E-state index is 5.84. The Bertz CT molecular complexity index is 358. The quantitative estimate of drug-likeness (QED) is 0.759. The molecule has 0 aromatic carbocycles. The Morgan fingerprint density at radius 2 is 2.32 bits per heavy atom. The van der Waals surface area contributed by atoms with Crippen LogP contribution in [0.1, 0.15) is 45.4 Å². The molecule has 19 heavy (non-hydrogen) atoms. The average molecular weight is 265 g/mol. The molecule has 108 valence electrons. The number of imidazole rings is 1. The number of nitrogens with zero attached hydrogens (tertiary/aromatic N) is 3. The first-order valence-electron chi connectivity index (χ1n) is 7.67. The van der Waals surface area contributed by atoms with Gasteiger partial charge in [0, 0.05) is 32.1 Å². The highest BCUT2D eigenvalue weighted by atomic mass is 16.5. The van der Waals surface area contributed by atoms with Crippen molar-refractivity contribution in [2.75, 3.05) is 19.7 Å². The van der Waals surface area contributed by atoms with Gasteiger partial charge in [0.2, 0.25) is 0 Å². The molecule has 2 rings (SSSR count). The largest absolute Gasteiger partial charge is 0.377 e. The molecule has 1 aromatic heterocycles. The van der Waals surface area contributed by atoms with Gasteiger partial charge in [-0.15, -0.1) is 0 Å². The van der Waals surface area contributed by atoms with Crippen LogP contribution in [0, 0.1) is 0 Å². The van der Waals surface area contributed by atoms with Gasteiger partial charge in [-0.25, -0.2) is 4.98 Å². The Balaban J connectivity index is 1.88. The summed E-state index contributed by atoms with van der Waals surface area (Å²) in [5, 5.41) is 0. The lowest BCUT2D eigenvalue weighted by molar-refractivity contribution is -0.00677. The normalized spacial score (nSPS) is 20.1. The zero-order valence-corrected chi connectivity index (χ0v) is 12.3. The molecule has 0 spiro atoms. The predicted molar refractivity (Wildman–Crippen MR) is 77.1 cm³/mol. The van der Waals surface area contributed by atoms with E-state index >= 15 is 0 Å². The third kappa shape index (κ3) is 4.32. The highest BCUT2D eigenvalue weighted by molar-refractivity contribution is 4.92. The summed E-state index contributed by atoms with van der Waals surface area (Å²) in [7, 11) is 0. The molecule has 1 atom stereocenters. The zero-order valence-electron chi connectivity index (χ0n) is 12.3. The van der Waals surface area contributed by atoms with Gasteiger partial charge in [-0.2, -0.15) is 0 Å². The van der Waals surface area contributed by atoms with Gasteiger partial charge in [-0.1, -0.05) is 13.8 Å². The van der Waals surface area contributed by atoms with Crippen molar-refractivity contribution < 1.29 is 4.74 Å². The third-order valence-corrected chi connectivity index (χ3v) is 3.81. The Hall–Kier alpha value is -0.870. The van der Waals surface area contributed by atoms with E-state index in [2.05, 4.69) is 34.5 Å². The summed E-state index contributed by atoms with van der Waals surface area (Å²) in [5.74, 6) is 1.18. The van der Waals surface area contributed by atoms with Crippen LogP contribution in [0.2, 0.25) is 0 Å². The summed E-state index contributed by atoms with van der Waals surface area (Å²) in [6, 6.07) is 0. The number of hydrogen-bond acceptors (Lipinski definition) is 3. The molecule has 2 heterocycles. The van der Waals surface area contributed by atoms with Crippen LogP contribution in [0.15, 0.2) is 12.4 Å². The molecule has 1 unspecified atom stereocenters. The zero-order chi connectivity index (χ0) is 13.5. The number of aryl methyl sites for hydroxylation is 1. The van der Waals surface area contributed by atoms with Crippen LogP contribution in [0.5, 0.6) is 0 Å². The van der Waals surface area contributed by atoms with Crippen molar-refractivity contribution in [1.29, 1.82) is 0 Å². The Labute approximate surface area is 116 Å². The fourth-order valence-corrected chi connectivity index (χ4v) is 2.68. The summed E-state index contributed by atoms with van der Waals surface area (Å²) < 4.78 is 8.11. The maximum Gasteiger partial charge on any atom is 0.122 e. The minimum atomic E-state index is 0.420. The molecule has 1 aliphatic rings. The minimum Gasteiger partial charge on any atom is -0.377 e. The molecule has 1 aliphatic heterocycles. The standard InChI is InChI=1S/C15H27N3O/c1-3-9-18-10-8-16-15(18)13-17(4-2)12-14-7-5-6-11-19-14/h8,10,14H,3-7,9,11-13H2,1-2H3. The lowest BCUT2D eigenvalue weighted by atomic mass is 10.1. The molecular formula is C15H27N3O.